The fourth-order valence-corrected chi connectivity index (χ4v) is 6.20. The number of nitrogens with two attached hydrogens (primary N) is 1. The third-order valence-corrected chi connectivity index (χ3v) is 7.90. The normalized spacial score (nSPS) is 20.9. The molecule has 0 spiro atoms. The molecule has 3 heterocycles. The number of carbonyl (C=O) groups is 1. The number of aromatic nitrogens is 2. The SMILES string of the molecule is C[C@@H]1C[C@H](N)C[C@H](c2ccncc2CC(=O)c2ccc(F)c3cc(N4CCOc5cccc(F)c54)cnc23)C1. The Morgan fingerprint density at radius 2 is 1.97 bits per heavy atom. The number of ether oxygens (including phenoxy) is 1. The van der Waals surface area contributed by atoms with Gasteiger partial charge in [0.2, 0.25) is 0 Å². The lowest BCUT2D eigenvalue weighted by Gasteiger charge is -2.32. The number of nitrogens with zero attached hydrogens (tertiary/aromatic N) is 3. The Balaban J connectivity index is 1.33. The number of rotatable bonds is 5. The molecular formula is C31H30F2N4O2. The highest BCUT2D eigenvalue weighted by atomic mass is 19.1. The van der Waals surface area contributed by atoms with E-state index in [2.05, 4.69) is 16.9 Å². The van der Waals surface area contributed by atoms with Crippen molar-refractivity contribution < 1.29 is 18.3 Å². The zero-order chi connectivity index (χ0) is 27.1. The van der Waals surface area contributed by atoms with Gasteiger partial charge in [-0.2, -0.15) is 0 Å². The minimum absolute atomic E-state index is 0.134. The first-order valence-electron chi connectivity index (χ1n) is 13.4. The summed E-state index contributed by atoms with van der Waals surface area (Å²) in [5, 5.41) is 0.209. The number of benzene rings is 2. The number of Topliss-reactive ketones (excluding diaryl/α,β-unsaturated/α-hetero) is 1. The average molecular weight is 529 g/mol. The van der Waals surface area contributed by atoms with Crippen LogP contribution in [0.1, 0.15) is 53.6 Å². The van der Waals surface area contributed by atoms with Crippen LogP contribution < -0.4 is 15.4 Å². The van der Waals surface area contributed by atoms with Crippen LogP contribution in [-0.4, -0.2) is 34.9 Å². The Labute approximate surface area is 225 Å². The fraction of sp³-hybridized carbons (Fsp3) is 0.323. The summed E-state index contributed by atoms with van der Waals surface area (Å²) in [7, 11) is 0. The maximum absolute atomic E-state index is 15.1. The van der Waals surface area contributed by atoms with Crippen molar-refractivity contribution in [1.82, 2.24) is 9.97 Å². The van der Waals surface area contributed by atoms with E-state index in [0.29, 0.717) is 41.8 Å². The highest BCUT2D eigenvalue weighted by Gasteiger charge is 2.28. The molecule has 0 unspecified atom stereocenters. The molecule has 200 valence electrons. The number of ketones is 1. The predicted molar refractivity (Wildman–Crippen MR) is 147 cm³/mol. The summed E-state index contributed by atoms with van der Waals surface area (Å²) in [6, 6.07) is 11.2. The van der Waals surface area contributed by atoms with Crippen molar-refractivity contribution in [3.05, 3.63) is 89.4 Å². The lowest BCUT2D eigenvalue weighted by molar-refractivity contribution is 0.0994. The van der Waals surface area contributed by atoms with E-state index in [1.54, 1.807) is 41.7 Å². The van der Waals surface area contributed by atoms with Crippen LogP contribution in [0.25, 0.3) is 10.9 Å². The highest BCUT2D eigenvalue weighted by molar-refractivity contribution is 6.08. The Bertz CT molecular complexity index is 1550. The molecule has 1 saturated carbocycles. The first-order chi connectivity index (χ1) is 18.9. The lowest BCUT2D eigenvalue weighted by Crippen LogP contribution is -2.31. The van der Waals surface area contributed by atoms with E-state index in [9.17, 15) is 9.18 Å². The van der Waals surface area contributed by atoms with Crippen molar-refractivity contribution in [2.75, 3.05) is 18.1 Å². The average Bonchev–Trinajstić information content (AvgIpc) is 2.93. The molecule has 1 aliphatic heterocycles. The van der Waals surface area contributed by atoms with Crippen LogP contribution in [0.3, 0.4) is 0 Å². The first kappa shape index (κ1) is 25.4. The number of hydrogen-bond acceptors (Lipinski definition) is 6. The molecule has 6 rings (SSSR count). The van der Waals surface area contributed by atoms with Gasteiger partial charge in [-0.1, -0.05) is 13.0 Å². The zero-order valence-electron chi connectivity index (χ0n) is 21.7. The molecule has 2 aromatic heterocycles. The quantitative estimate of drug-likeness (QED) is 0.316. The lowest BCUT2D eigenvalue weighted by atomic mass is 9.75. The predicted octanol–water partition coefficient (Wildman–Crippen LogP) is 6.09. The molecular weight excluding hydrogens is 498 g/mol. The van der Waals surface area contributed by atoms with E-state index in [-0.39, 0.29) is 35.1 Å². The van der Waals surface area contributed by atoms with Gasteiger partial charge in [0.1, 0.15) is 23.9 Å². The van der Waals surface area contributed by atoms with Gasteiger partial charge in [0.15, 0.2) is 11.6 Å². The molecule has 39 heavy (non-hydrogen) atoms. The van der Waals surface area contributed by atoms with Crippen molar-refractivity contribution in [2.24, 2.45) is 11.7 Å². The van der Waals surface area contributed by atoms with E-state index < -0.39 is 11.6 Å². The number of fused-ring (bicyclic) bond motifs is 2. The second-order valence-electron chi connectivity index (χ2n) is 10.7. The molecule has 0 amide bonds. The third kappa shape index (κ3) is 4.85. The summed E-state index contributed by atoms with van der Waals surface area (Å²) in [5.74, 6) is 0.123. The number of carbonyl (C=O) groups excluding carboxylic acids is 1. The fourth-order valence-electron chi connectivity index (χ4n) is 6.20. The van der Waals surface area contributed by atoms with Gasteiger partial charge in [-0.05, 0) is 78.6 Å². The Morgan fingerprint density at radius 3 is 2.82 bits per heavy atom. The van der Waals surface area contributed by atoms with Crippen LogP contribution in [-0.2, 0) is 6.42 Å². The van der Waals surface area contributed by atoms with Gasteiger partial charge in [0.05, 0.1) is 23.9 Å². The first-order valence-corrected chi connectivity index (χ1v) is 13.4. The van der Waals surface area contributed by atoms with Gasteiger partial charge in [0, 0.05) is 35.8 Å². The standard InChI is InChI=1S/C31H30F2N4O2/c1-18-11-19(13-21(34)12-18)23-7-8-35-16-20(23)14-28(38)24-5-6-26(32)25-15-22(17-36-30(24)25)37-9-10-39-29-4-2-3-27(33)31(29)37/h2-8,15-19,21H,9-14,34H2,1H3/t18-,19+,21-/m0/s1. The number of halogens is 2. The molecule has 2 N–H and O–H groups in total. The summed E-state index contributed by atoms with van der Waals surface area (Å²) in [5.41, 5.74) is 9.73. The molecule has 2 aromatic carbocycles. The smallest absolute Gasteiger partial charge is 0.169 e. The number of pyridine rings is 2. The summed E-state index contributed by atoms with van der Waals surface area (Å²) < 4.78 is 35.4. The van der Waals surface area contributed by atoms with Crippen molar-refractivity contribution in [3.63, 3.8) is 0 Å². The van der Waals surface area contributed by atoms with Gasteiger partial charge in [0.25, 0.3) is 0 Å². The van der Waals surface area contributed by atoms with Gasteiger partial charge in [-0.3, -0.25) is 14.8 Å². The van der Waals surface area contributed by atoms with Gasteiger partial charge in [-0.25, -0.2) is 8.78 Å². The van der Waals surface area contributed by atoms with E-state index in [4.69, 9.17) is 10.5 Å². The molecule has 6 nitrogen and oxygen atoms in total. The molecule has 3 atom stereocenters. The van der Waals surface area contributed by atoms with E-state index >= 15 is 4.39 Å². The van der Waals surface area contributed by atoms with Gasteiger partial charge < -0.3 is 15.4 Å². The third-order valence-electron chi connectivity index (χ3n) is 7.90. The molecule has 0 radical (unpaired) electrons. The van der Waals surface area contributed by atoms with Crippen LogP contribution >= 0.6 is 0 Å². The van der Waals surface area contributed by atoms with Crippen molar-refractivity contribution in [1.29, 1.82) is 0 Å². The minimum atomic E-state index is -0.495. The minimum Gasteiger partial charge on any atom is -0.489 e. The van der Waals surface area contributed by atoms with Crippen molar-refractivity contribution >= 4 is 28.1 Å². The molecule has 2 aliphatic rings. The maximum atomic E-state index is 15.1. The monoisotopic (exact) mass is 528 g/mol. The largest absolute Gasteiger partial charge is 0.489 e. The van der Waals surface area contributed by atoms with Crippen molar-refractivity contribution in [3.8, 4) is 5.75 Å². The van der Waals surface area contributed by atoms with Crippen LogP contribution in [0.2, 0.25) is 0 Å². The molecule has 4 aromatic rings. The zero-order valence-corrected chi connectivity index (χ0v) is 21.7. The summed E-state index contributed by atoms with van der Waals surface area (Å²) in [6.45, 7) is 2.95. The van der Waals surface area contributed by atoms with Crippen LogP contribution in [0.5, 0.6) is 5.75 Å². The second-order valence-corrected chi connectivity index (χ2v) is 10.7. The number of hydrogen-bond donors (Lipinski definition) is 1. The Hall–Kier alpha value is -3.91. The maximum Gasteiger partial charge on any atom is 0.169 e. The number of anilines is 2. The summed E-state index contributed by atoms with van der Waals surface area (Å²) >= 11 is 0. The Morgan fingerprint density at radius 1 is 1.10 bits per heavy atom. The van der Waals surface area contributed by atoms with E-state index in [0.717, 1.165) is 30.4 Å². The summed E-state index contributed by atoms with van der Waals surface area (Å²) in [4.78, 5) is 24.1. The molecule has 0 bridgehead atoms. The molecule has 0 saturated heterocycles. The second kappa shape index (κ2) is 10.3. The molecule has 1 aliphatic carbocycles. The molecule has 1 fully saturated rings. The topological polar surface area (TPSA) is 81.3 Å². The van der Waals surface area contributed by atoms with Gasteiger partial charge in [-0.15, -0.1) is 0 Å². The highest BCUT2D eigenvalue weighted by Crippen LogP contribution is 2.40. The van der Waals surface area contributed by atoms with E-state index in [1.807, 2.05) is 6.07 Å². The van der Waals surface area contributed by atoms with Gasteiger partial charge >= 0.3 is 0 Å². The van der Waals surface area contributed by atoms with Crippen LogP contribution in [0.4, 0.5) is 20.2 Å². The molecule has 8 heteroatoms. The van der Waals surface area contributed by atoms with Crippen LogP contribution in [0.15, 0.2) is 61.1 Å². The van der Waals surface area contributed by atoms with E-state index in [1.165, 1.54) is 18.2 Å². The number of para-hydroxylation sites is 1. The van der Waals surface area contributed by atoms with Crippen LogP contribution in [0, 0.1) is 17.6 Å². The Kier molecular flexibility index (Phi) is 6.73. The van der Waals surface area contributed by atoms with Crippen molar-refractivity contribution in [2.45, 2.75) is 44.6 Å². The summed E-state index contributed by atoms with van der Waals surface area (Å²) in [6.07, 6.45) is 8.11.